The molecule has 0 fully saturated rings. The minimum absolute atomic E-state index is 0.0743. The molecule has 4 heteroatoms. The van der Waals surface area contributed by atoms with Gasteiger partial charge in [0.05, 0.1) is 9.21 Å². The zero-order valence-electron chi connectivity index (χ0n) is 10.9. The van der Waals surface area contributed by atoms with Crippen molar-refractivity contribution in [1.29, 1.82) is 0 Å². The summed E-state index contributed by atoms with van der Waals surface area (Å²) in [6, 6.07) is 13.9. The molecule has 2 heterocycles. The van der Waals surface area contributed by atoms with Crippen molar-refractivity contribution in [1.82, 2.24) is 4.90 Å². The van der Waals surface area contributed by atoms with Crippen molar-refractivity contribution in [2.75, 3.05) is 13.1 Å². The first kappa shape index (κ1) is 13.4. The largest absolute Gasteiger partial charge is 0.334 e. The Morgan fingerprint density at radius 1 is 1.15 bits per heavy atom. The van der Waals surface area contributed by atoms with Crippen LogP contribution in [0.4, 0.5) is 0 Å². The summed E-state index contributed by atoms with van der Waals surface area (Å²) < 4.78 is 0.658. The van der Waals surface area contributed by atoms with Crippen molar-refractivity contribution in [3.8, 4) is 0 Å². The van der Waals surface area contributed by atoms with Gasteiger partial charge < -0.3 is 4.90 Å². The molecule has 0 radical (unpaired) electrons. The van der Waals surface area contributed by atoms with Crippen molar-refractivity contribution in [2.24, 2.45) is 0 Å². The third-order valence-corrected chi connectivity index (χ3v) is 4.64. The van der Waals surface area contributed by atoms with Gasteiger partial charge in [-0.1, -0.05) is 48.0 Å². The van der Waals surface area contributed by atoms with Gasteiger partial charge in [0.25, 0.3) is 5.91 Å². The van der Waals surface area contributed by atoms with Crippen molar-refractivity contribution >= 4 is 34.4 Å². The zero-order valence-corrected chi connectivity index (χ0v) is 12.5. The van der Waals surface area contributed by atoms with Crippen LogP contribution in [0.2, 0.25) is 4.34 Å². The van der Waals surface area contributed by atoms with Crippen LogP contribution in [-0.4, -0.2) is 23.9 Å². The molecule has 0 aliphatic carbocycles. The fourth-order valence-corrected chi connectivity index (χ4v) is 3.36. The number of halogens is 1. The van der Waals surface area contributed by atoms with E-state index in [-0.39, 0.29) is 5.91 Å². The summed E-state index contributed by atoms with van der Waals surface area (Å²) in [5, 5.41) is 0. The summed E-state index contributed by atoms with van der Waals surface area (Å²) in [7, 11) is 0. The second-order valence-corrected chi connectivity index (χ2v) is 6.42. The lowest BCUT2D eigenvalue weighted by Gasteiger charge is -2.26. The molecule has 20 heavy (non-hydrogen) atoms. The van der Waals surface area contributed by atoms with E-state index in [2.05, 4.69) is 18.2 Å². The molecule has 0 unspecified atom stereocenters. The number of nitrogens with zero attached hydrogens (tertiary/aromatic N) is 1. The lowest BCUT2D eigenvalue weighted by molar-refractivity contribution is 0.0777. The van der Waals surface area contributed by atoms with E-state index < -0.39 is 0 Å². The molecule has 0 bridgehead atoms. The van der Waals surface area contributed by atoms with Gasteiger partial charge in [-0.2, -0.15) is 0 Å². The normalized spacial score (nSPS) is 15.1. The second-order valence-electron chi connectivity index (χ2n) is 4.70. The predicted molar refractivity (Wildman–Crippen MR) is 84.3 cm³/mol. The van der Waals surface area contributed by atoms with Crippen LogP contribution >= 0.6 is 22.9 Å². The van der Waals surface area contributed by atoms with E-state index >= 15 is 0 Å². The molecular formula is C16H14ClNOS. The average Bonchev–Trinajstić information content (AvgIpc) is 2.94. The first-order chi connectivity index (χ1) is 9.74. The molecule has 3 rings (SSSR count). The number of rotatable bonds is 2. The molecule has 0 saturated carbocycles. The smallest absolute Gasteiger partial charge is 0.264 e. The molecule has 1 aliphatic heterocycles. The van der Waals surface area contributed by atoms with Gasteiger partial charge in [0.1, 0.15) is 0 Å². The van der Waals surface area contributed by atoms with E-state index in [0.29, 0.717) is 15.8 Å². The molecular weight excluding hydrogens is 290 g/mol. The SMILES string of the molecule is O=C(c1ccc(Cl)s1)N1CC=C(c2ccccc2)CC1. The van der Waals surface area contributed by atoms with Crippen LogP contribution in [0.1, 0.15) is 21.7 Å². The third kappa shape index (κ3) is 2.79. The van der Waals surface area contributed by atoms with Gasteiger partial charge in [-0.3, -0.25) is 4.79 Å². The lowest BCUT2D eigenvalue weighted by atomic mass is 9.99. The standard InChI is InChI=1S/C16H14ClNOS/c17-15-7-6-14(20-15)16(19)18-10-8-13(9-11-18)12-4-2-1-3-5-12/h1-8H,9-11H2. The molecule has 0 atom stereocenters. The first-order valence-electron chi connectivity index (χ1n) is 6.53. The van der Waals surface area contributed by atoms with E-state index in [4.69, 9.17) is 11.6 Å². The predicted octanol–water partition coefficient (Wildman–Crippen LogP) is 4.33. The van der Waals surface area contributed by atoms with Crippen LogP contribution in [0.15, 0.2) is 48.5 Å². The Balaban J connectivity index is 1.72. The summed E-state index contributed by atoms with van der Waals surface area (Å²) in [6.45, 7) is 1.42. The Kier molecular flexibility index (Phi) is 3.90. The van der Waals surface area contributed by atoms with Crippen molar-refractivity contribution in [3.05, 3.63) is 63.3 Å². The van der Waals surface area contributed by atoms with Gasteiger partial charge in [-0.25, -0.2) is 0 Å². The number of amides is 1. The summed E-state index contributed by atoms with van der Waals surface area (Å²) in [4.78, 5) is 14.9. The van der Waals surface area contributed by atoms with E-state index in [1.54, 1.807) is 12.1 Å². The van der Waals surface area contributed by atoms with Gasteiger partial charge in [0.15, 0.2) is 0 Å². The molecule has 102 valence electrons. The summed E-state index contributed by atoms with van der Waals surface area (Å²) in [5.41, 5.74) is 2.57. The highest BCUT2D eigenvalue weighted by molar-refractivity contribution is 7.17. The van der Waals surface area contributed by atoms with Crippen LogP contribution in [0.3, 0.4) is 0 Å². The Bertz CT molecular complexity index is 648. The second kappa shape index (κ2) is 5.81. The topological polar surface area (TPSA) is 20.3 Å². The zero-order chi connectivity index (χ0) is 13.9. The van der Waals surface area contributed by atoms with Crippen LogP contribution in [0, 0.1) is 0 Å². The van der Waals surface area contributed by atoms with E-state index in [1.807, 2.05) is 23.1 Å². The Morgan fingerprint density at radius 2 is 1.95 bits per heavy atom. The maximum atomic E-state index is 12.3. The molecule has 2 nitrogen and oxygen atoms in total. The van der Waals surface area contributed by atoms with Crippen LogP contribution in [0.25, 0.3) is 5.57 Å². The van der Waals surface area contributed by atoms with Crippen LogP contribution in [0.5, 0.6) is 0 Å². The maximum Gasteiger partial charge on any atom is 0.264 e. The number of benzene rings is 1. The van der Waals surface area contributed by atoms with Crippen molar-refractivity contribution in [3.63, 3.8) is 0 Å². The van der Waals surface area contributed by atoms with E-state index in [0.717, 1.165) is 13.0 Å². The number of hydrogen-bond acceptors (Lipinski definition) is 2. The van der Waals surface area contributed by atoms with Gasteiger partial charge in [-0.15, -0.1) is 11.3 Å². The highest BCUT2D eigenvalue weighted by Crippen LogP contribution is 2.26. The minimum Gasteiger partial charge on any atom is -0.334 e. The maximum absolute atomic E-state index is 12.3. The minimum atomic E-state index is 0.0743. The summed E-state index contributed by atoms with van der Waals surface area (Å²) >= 11 is 7.22. The van der Waals surface area contributed by atoms with Gasteiger partial charge in [-0.05, 0) is 29.7 Å². The number of thiophene rings is 1. The number of carbonyl (C=O) groups excluding carboxylic acids is 1. The molecule has 0 N–H and O–H groups in total. The Hall–Kier alpha value is -1.58. The number of hydrogen-bond donors (Lipinski definition) is 0. The highest BCUT2D eigenvalue weighted by Gasteiger charge is 2.20. The Labute approximate surface area is 127 Å². The third-order valence-electron chi connectivity index (χ3n) is 3.42. The summed E-state index contributed by atoms with van der Waals surface area (Å²) in [5.74, 6) is 0.0743. The number of carbonyl (C=O) groups is 1. The Morgan fingerprint density at radius 3 is 2.55 bits per heavy atom. The fourth-order valence-electron chi connectivity index (χ4n) is 2.35. The first-order valence-corrected chi connectivity index (χ1v) is 7.72. The molecule has 0 saturated heterocycles. The molecule has 1 aromatic heterocycles. The molecule has 2 aromatic rings. The van der Waals surface area contributed by atoms with Gasteiger partial charge >= 0.3 is 0 Å². The molecule has 1 aliphatic rings. The van der Waals surface area contributed by atoms with E-state index in [9.17, 15) is 4.79 Å². The van der Waals surface area contributed by atoms with Crippen LogP contribution in [-0.2, 0) is 0 Å². The lowest BCUT2D eigenvalue weighted by Crippen LogP contribution is -2.34. The van der Waals surface area contributed by atoms with Crippen LogP contribution < -0.4 is 0 Å². The van der Waals surface area contributed by atoms with Crippen molar-refractivity contribution in [2.45, 2.75) is 6.42 Å². The fraction of sp³-hybridized carbons (Fsp3) is 0.188. The van der Waals surface area contributed by atoms with E-state index in [1.165, 1.54) is 22.5 Å². The average molecular weight is 304 g/mol. The monoisotopic (exact) mass is 303 g/mol. The molecule has 1 aromatic carbocycles. The van der Waals surface area contributed by atoms with Gasteiger partial charge in [0, 0.05) is 13.1 Å². The molecule has 1 amide bonds. The quantitative estimate of drug-likeness (QED) is 0.808. The summed E-state index contributed by atoms with van der Waals surface area (Å²) in [6.07, 6.45) is 3.04. The van der Waals surface area contributed by atoms with Crippen molar-refractivity contribution < 1.29 is 4.79 Å². The highest BCUT2D eigenvalue weighted by atomic mass is 35.5. The molecule has 0 spiro atoms. The van der Waals surface area contributed by atoms with Gasteiger partial charge in [0.2, 0.25) is 0 Å².